The quantitative estimate of drug-likeness (QED) is 0.669. The fourth-order valence-electron chi connectivity index (χ4n) is 1.32. The van der Waals surface area contributed by atoms with Crippen LogP contribution in [0.1, 0.15) is 11.4 Å². The third kappa shape index (κ3) is 1.71. The lowest BCUT2D eigenvalue weighted by Crippen LogP contribution is -2.10. The smallest absolute Gasteiger partial charge is 0.257 e. The number of nitrogen functional groups attached to an aromatic ring is 2. The molecule has 0 saturated carbocycles. The summed E-state index contributed by atoms with van der Waals surface area (Å²) in [6, 6.07) is 1.91. The van der Waals surface area contributed by atoms with Crippen LogP contribution in [0.25, 0.3) is 5.95 Å². The topological polar surface area (TPSA) is 109 Å². The predicted octanol–water partition coefficient (Wildman–Crippen LogP) is -0.161. The average molecular weight is 205 g/mol. The van der Waals surface area contributed by atoms with E-state index in [1.54, 1.807) is 4.68 Å². The maximum Gasteiger partial charge on any atom is 0.257 e. The molecule has 0 aliphatic heterocycles. The number of aryl methyl sites for hydroxylation is 2. The van der Waals surface area contributed by atoms with Crippen molar-refractivity contribution in [1.82, 2.24) is 24.7 Å². The summed E-state index contributed by atoms with van der Waals surface area (Å²) in [5.41, 5.74) is 12.7. The molecule has 2 heterocycles. The molecule has 0 unspecified atom stereocenters. The lowest BCUT2D eigenvalue weighted by molar-refractivity contribution is 0.770. The highest BCUT2D eigenvalue weighted by Gasteiger charge is 2.08. The predicted molar refractivity (Wildman–Crippen MR) is 55.2 cm³/mol. The van der Waals surface area contributed by atoms with Gasteiger partial charge in [0.1, 0.15) is 0 Å². The molecule has 0 radical (unpaired) electrons. The maximum atomic E-state index is 5.47. The van der Waals surface area contributed by atoms with Crippen LogP contribution in [0.4, 0.5) is 11.9 Å². The number of nitrogens with two attached hydrogens (primary N) is 2. The Morgan fingerprint density at radius 1 is 1.07 bits per heavy atom. The van der Waals surface area contributed by atoms with Gasteiger partial charge in [-0.3, -0.25) is 0 Å². The Hall–Kier alpha value is -2.18. The fraction of sp³-hybridized carbons (Fsp3) is 0.250. The molecule has 0 bridgehead atoms. The summed E-state index contributed by atoms with van der Waals surface area (Å²) in [5, 5.41) is 4.22. The standard InChI is InChI=1S/C8H11N7/c1-4-3-5(2)15(14-4)8-12-6(9)11-7(10)13-8/h3H,1-2H3,(H4,9,10,11,12,13). The maximum absolute atomic E-state index is 5.47. The molecule has 0 aromatic carbocycles. The second-order valence-corrected chi connectivity index (χ2v) is 3.19. The number of aromatic nitrogens is 5. The molecule has 0 spiro atoms. The molecule has 7 nitrogen and oxygen atoms in total. The highest BCUT2D eigenvalue weighted by atomic mass is 15.4. The van der Waals surface area contributed by atoms with Gasteiger partial charge >= 0.3 is 0 Å². The van der Waals surface area contributed by atoms with E-state index in [9.17, 15) is 0 Å². The molecule has 15 heavy (non-hydrogen) atoms. The first-order valence-electron chi connectivity index (χ1n) is 4.37. The Balaban J connectivity index is 2.58. The molecule has 0 aliphatic carbocycles. The van der Waals surface area contributed by atoms with E-state index in [4.69, 9.17) is 11.5 Å². The van der Waals surface area contributed by atoms with E-state index in [0.29, 0.717) is 5.95 Å². The van der Waals surface area contributed by atoms with Crippen LogP contribution in [0.2, 0.25) is 0 Å². The second-order valence-electron chi connectivity index (χ2n) is 3.19. The number of hydrogen-bond acceptors (Lipinski definition) is 6. The number of hydrogen-bond donors (Lipinski definition) is 2. The molecule has 2 aromatic heterocycles. The van der Waals surface area contributed by atoms with Gasteiger partial charge in [-0.05, 0) is 19.9 Å². The van der Waals surface area contributed by atoms with Crippen molar-refractivity contribution in [1.29, 1.82) is 0 Å². The van der Waals surface area contributed by atoms with Gasteiger partial charge in [-0.15, -0.1) is 0 Å². The van der Waals surface area contributed by atoms with Crippen LogP contribution in [0.3, 0.4) is 0 Å². The van der Waals surface area contributed by atoms with Gasteiger partial charge in [0, 0.05) is 5.69 Å². The van der Waals surface area contributed by atoms with Crippen molar-refractivity contribution in [3.05, 3.63) is 17.5 Å². The largest absolute Gasteiger partial charge is 0.368 e. The molecule has 2 aromatic rings. The minimum absolute atomic E-state index is 0.0880. The Bertz CT molecular complexity index is 481. The van der Waals surface area contributed by atoms with Crippen LogP contribution < -0.4 is 11.5 Å². The monoisotopic (exact) mass is 205 g/mol. The van der Waals surface area contributed by atoms with Gasteiger partial charge < -0.3 is 11.5 Å². The first kappa shape index (κ1) is 9.38. The van der Waals surface area contributed by atoms with Crippen LogP contribution >= 0.6 is 0 Å². The van der Waals surface area contributed by atoms with Crippen LogP contribution in [-0.2, 0) is 0 Å². The summed E-state index contributed by atoms with van der Waals surface area (Å²) in [5.74, 6) is 0.515. The summed E-state index contributed by atoms with van der Waals surface area (Å²) in [6.07, 6.45) is 0. The van der Waals surface area contributed by atoms with E-state index in [-0.39, 0.29) is 11.9 Å². The van der Waals surface area contributed by atoms with E-state index >= 15 is 0 Å². The molecule has 78 valence electrons. The summed E-state index contributed by atoms with van der Waals surface area (Å²) < 4.78 is 1.57. The van der Waals surface area contributed by atoms with Crippen molar-refractivity contribution in [2.45, 2.75) is 13.8 Å². The van der Waals surface area contributed by atoms with Crippen molar-refractivity contribution < 1.29 is 0 Å². The lowest BCUT2D eigenvalue weighted by Gasteiger charge is -2.03. The fourth-order valence-corrected chi connectivity index (χ4v) is 1.32. The minimum atomic E-state index is 0.0880. The Morgan fingerprint density at radius 2 is 1.67 bits per heavy atom. The molecular formula is C8H11N7. The second kappa shape index (κ2) is 3.19. The zero-order valence-corrected chi connectivity index (χ0v) is 8.47. The summed E-state index contributed by atoms with van der Waals surface area (Å²) in [4.78, 5) is 11.6. The zero-order chi connectivity index (χ0) is 11.0. The number of anilines is 2. The molecule has 2 rings (SSSR count). The Morgan fingerprint density at radius 3 is 2.13 bits per heavy atom. The third-order valence-electron chi connectivity index (χ3n) is 1.86. The SMILES string of the molecule is Cc1cc(C)n(-c2nc(N)nc(N)n2)n1. The molecule has 0 amide bonds. The normalized spacial score (nSPS) is 10.5. The highest BCUT2D eigenvalue weighted by Crippen LogP contribution is 2.09. The van der Waals surface area contributed by atoms with Gasteiger partial charge in [0.25, 0.3) is 5.95 Å². The molecule has 0 aliphatic rings. The molecule has 7 heteroatoms. The van der Waals surface area contributed by atoms with Crippen LogP contribution in [-0.4, -0.2) is 24.7 Å². The van der Waals surface area contributed by atoms with Crippen LogP contribution in [0.5, 0.6) is 0 Å². The van der Waals surface area contributed by atoms with Crippen molar-refractivity contribution >= 4 is 11.9 Å². The van der Waals surface area contributed by atoms with Crippen molar-refractivity contribution in [2.24, 2.45) is 0 Å². The molecule has 0 atom stereocenters. The molecule has 0 saturated heterocycles. The zero-order valence-electron chi connectivity index (χ0n) is 8.47. The lowest BCUT2D eigenvalue weighted by atomic mass is 10.4. The van der Waals surface area contributed by atoms with Gasteiger partial charge in [-0.1, -0.05) is 0 Å². The van der Waals surface area contributed by atoms with Crippen LogP contribution in [0, 0.1) is 13.8 Å². The Labute approximate surface area is 86.2 Å². The Kier molecular flexibility index (Phi) is 2.00. The van der Waals surface area contributed by atoms with Gasteiger partial charge in [0.05, 0.1) is 5.69 Å². The van der Waals surface area contributed by atoms with Crippen molar-refractivity contribution in [2.75, 3.05) is 11.5 Å². The van der Waals surface area contributed by atoms with Crippen molar-refractivity contribution in [3.8, 4) is 5.95 Å². The van der Waals surface area contributed by atoms with Gasteiger partial charge in [-0.2, -0.15) is 20.1 Å². The first-order valence-corrected chi connectivity index (χ1v) is 4.37. The number of nitrogens with zero attached hydrogens (tertiary/aromatic N) is 5. The van der Waals surface area contributed by atoms with Gasteiger partial charge in [0.2, 0.25) is 11.9 Å². The summed E-state index contributed by atoms with van der Waals surface area (Å²) >= 11 is 0. The van der Waals surface area contributed by atoms with Gasteiger partial charge in [-0.25, -0.2) is 4.68 Å². The van der Waals surface area contributed by atoms with E-state index in [0.717, 1.165) is 11.4 Å². The minimum Gasteiger partial charge on any atom is -0.368 e. The van der Waals surface area contributed by atoms with Crippen molar-refractivity contribution in [3.63, 3.8) is 0 Å². The van der Waals surface area contributed by atoms with E-state index < -0.39 is 0 Å². The van der Waals surface area contributed by atoms with Gasteiger partial charge in [0.15, 0.2) is 0 Å². The van der Waals surface area contributed by atoms with E-state index in [2.05, 4.69) is 20.1 Å². The highest BCUT2D eigenvalue weighted by molar-refractivity contribution is 5.32. The summed E-state index contributed by atoms with van der Waals surface area (Å²) in [7, 11) is 0. The molecule has 0 fully saturated rings. The number of rotatable bonds is 1. The third-order valence-corrected chi connectivity index (χ3v) is 1.86. The van der Waals surface area contributed by atoms with Crippen LogP contribution in [0.15, 0.2) is 6.07 Å². The summed E-state index contributed by atoms with van der Waals surface area (Å²) in [6.45, 7) is 3.79. The van der Waals surface area contributed by atoms with E-state index in [1.165, 1.54) is 0 Å². The van der Waals surface area contributed by atoms with E-state index in [1.807, 2.05) is 19.9 Å². The molecular weight excluding hydrogens is 194 g/mol. The first-order chi connectivity index (χ1) is 7.06. The average Bonchev–Trinajstić information content (AvgIpc) is 2.43. The molecule has 4 N–H and O–H groups in total.